The van der Waals surface area contributed by atoms with E-state index in [0.717, 1.165) is 37.9 Å². The highest BCUT2D eigenvalue weighted by atomic mass is 16.2. The third-order valence-electron chi connectivity index (χ3n) is 5.22. The van der Waals surface area contributed by atoms with E-state index < -0.39 is 5.92 Å². The van der Waals surface area contributed by atoms with Crippen molar-refractivity contribution in [1.82, 2.24) is 15.3 Å². The SMILES string of the molecule is O=C1C[C@@H](C(=O)NCc2ccccc2)c2c(nc(N3CCCCC3)[nH]c2=O)N1. The van der Waals surface area contributed by atoms with Gasteiger partial charge in [-0.1, -0.05) is 30.3 Å². The van der Waals surface area contributed by atoms with E-state index in [1.807, 2.05) is 35.2 Å². The van der Waals surface area contributed by atoms with Gasteiger partial charge in [0, 0.05) is 26.1 Å². The summed E-state index contributed by atoms with van der Waals surface area (Å²) < 4.78 is 0. The minimum Gasteiger partial charge on any atom is -0.351 e. The molecule has 0 radical (unpaired) electrons. The molecule has 8 heteroatoms. The Morgan fingerprint density at radius 3 is 2.64 bits per heavy atom. The van der Waals surface area contributed by atoms with Crippen LogP contribution < -0.4 is 21.1 Å². The number of benzene rings is 1. The molecule has 1 fully saturated rings. The van der Waals surface area contributed by atoms with Gasteiger partial charge in [-0.15, -0.1) is 0 Å². The van der Waals surface area contributed by atoms with Gasteiger partial charge in [-0.05, 0) is 24.8 Å². The second-order valence-corrected chi connectivity index (χ2v) is 7.21. The number of anilines is 2. The molecule has 1 aromatic carbocycles. The summed E-state index contributed by atoms with van der Waals surface area (Å²) in [5.74, 6) is -0.860. The summed E-state index contributed by atoms with van der Waals surface area (Å²) >= 11 is 0. The van der Waals surface area contributed by atoms with Crippen molar-refractivity contribution in [2.24, 2.45) is 0 Å². The Kier molecular flexibility index (Phi) is 5.10. The van der Waals surface area contributed by atoms with Crippen LogP contribution in [0.1, 0.15) is 42.7 Å². The fourth-order valence-corrected chi connectivity index (χ4v) is 3.75. The highest BCUT2D eigenvalue weighted by molar-refractivity contribution is 6.00. The summed E-state index contributed by atoms with van der Waals surface area (Å²) in [6, 6.07) is 9.49. The maximum Gasteiger partial charge on any atom is 0.258 e. The number of nitrogens with zero attached hydrogens (tertiary/aromatic N) is 2. The lowest BCUT2D eigenvalue weighted by atomic mass is 9.92. The van der Waals surface area contributed by atoms with Crippen LogP contribution in [0, 0.1) is 0 Å². The quantitative estimate of drug-likeness (QED) is 0.744. The first-order valence-electron chi connectivity index (χ1n) is 9.62. The molecule has 2 aliphatic heterocycles. The van der Waals surface area contributed by atoms with Gasteiger partial charge in [0.15, 0.2) is 0 Å². The smallest absolute Gasteiger partial charge is 0.258 e. The lowest BCUT2D eigenvalue weighted by molar-refractivity contribution is -0.126. The van der Waals surface area contributed by atoms with Crippen LogP contribution in [0.15, 0.2) is 35.1 Å². The first-order chi connectivity index (χ1) is 13.6. The monoisotopic (exact) mass is 381 g/mol. The van der Waals surface area contributed by atoms with E-state index in [1.165, 1.54) is 0 Å². The molecular formula is C20H23N5O3. The summed E-state index contributed by atoms with van der Waals surface area (Å²) in [7, 11) is 0. The molecule has 4 rings (SSSR count). The van der Waals surface area contributed by atoms with E-state index in [2.05, 4.69) is 20.6 Å². The molecule has 8 nitrogen and oxygen atoms in total. The van der Waals surface area contributed by atoms with Crippen LogP contribution in [0.25, 0.3) is 0 Å². The van der Waals surface area contributed by atoms with Gasteiger partial charge in [-0.3, -0.25) is 19.4 Å². The van der Waals surface area contributed by atoms with Crippen molar-refractivity contribution in [1.29, 1.82) is 0 Å². The van der Waals surface area contributed by atoms with E-state index in [9.17, 15) is 14.4 Å². The number of rotatable bonds is 4. The number of H-pyrrole nitrogens is 1. The predicted octanol–water partition coefficient (Wildman–Crippen LogP) is 1.50. The Morgan fingerprint density at radius 2 is 1.89 bits per heavy atom. The number of nitrogens with one attached hydrogen (secondary N) is 3. The van der Waals surface area contributed by atoms with E-state index in [0.29, 0.717) is 12.5 Å². The largest absolute Gasteiger partial charge is 0.351 e. The third kappa shape index (κ3) is 3.76. The van der Waals surface area contributed by atoms with E-state index in [-0.39, 0.29) is 35.2 Å². The molecule has 3 heterocycles. The van der Waals surface area contributed by atoms with E-state index in [4.69, 9.17) is 0 Å². The van der Waals surface area contributed by atoms with Gasteiger partial charge in [0.1, 0.15) is 5.82 Å². The molecule has 2 aromatic rings. The molecule has 0 aliphatic carbocycles. The van der Waals surface area contributed by atoms with Gasteiger partial charge in [-0.2, -0.15) is 4.98 Å². The van der Waals surface area contributed by atoms with Crippen LogP contribution >= 0.6 is 0 Å². The van der Waals surface area contributed by atoms with Gasteiger partial charge < -0.3 is 15.5 Å². The molecule has 1 saturated heterocycles. The molecule has 2 aliphatic rings. The highest BCUT2D eigenvalue weighted by Gasteiger charge is 2.35. The van der Waals surface area contributed by atoms with Gasteiger partial charge in [0.05, 0.1) is 11.5 Å². The van der Waals surface area contributed by atoms with Crippen LogP contribution in [-0.2, 0) is 16.1 Å². The van der Waals surface area contributed by atoms with E-state index in [1.54, 1.807) is 0 Å². The second-order valence-electron chi connectivity index (χ2n) is 7.21. The summed E-state index contributed by atoms with van der Waals surface area (Å²) in [6.45, 7) is 1.97. The number of amides is 2. The topological polar surface area (TPSA) is 107 Å². The Labute approximate surface area is 162 Å². The van der Waals surface area contributed by atoms with Crippen molar-refractivity contribution < 1.29 is 9.59 Å². The van der Waals surface area contributed by atoms with Gasteiger partial charge >= 0.3 is 0 Å². The number of piperidine rings is 1. The summed E-state index contributed by atoms with van der Waals surface area (Å²) in [6.07, 6.45) is 3.17. The molecule has 146 valence electrons. The molecule has 0 spiro atoms. The fraction of sp³-hybridized carbons (Fsp3) is 0.400. The van der Waals surface area contributed by atoms with Crippen molar-refractivity contribution in [2.45, 2.75) is 38.1 Å². The number of hydrogen-bond acceptors (Lipinski definition) is 5. The number of aromatic nitrogens is 2. The van der Waals surface area contributed by atoms with Crippen LogP contribution in [0.2, 0.25) is 0 Å². The van der Waals surface area contributed by atoms with Crippen molar-refractivity contribution in [3.8, 4) is 0 Å². The molecule has 1 atom stereocenters. The molecular weight excluding hydrogens is 358 g/mol. The van der Waals surface area contributed by atoms with Gasteiger partial charge in [0.2, 0.25) is 17.8 Å². The Balaban J connectivity index is 1.58. The summed E-state index contributed by atoms with van der Waals surface area (Å²) in [5.41, 5.74) is 0.806. The molecule has 3 N–H and O–H groups in total. The molecule has 0 saturated carbocycles. The lowest BCUT2D eigenvalue weighted by Crippen LogP contribution is -2.40. The summed E-state index contributed by atoms with van der Waals surface area (Å²) in [5, 5.41) is 5.49. The minimum absolute atomic E-state index is 0.0680. The Hall–Kier alpha value is -3.16. The van der Waals surface area contributed by atoms with Gasteiger partial charge in [-0.25, -0.2) is 0 Å². The first kappa shape index (κ1) is 18.2. The molecule has 2 amide bonds. The normalized spacial score (nSPS) is 18.9. The zero-order valence-corrected chi connectivity index (χ0v) is 15.5. The van der Waals surface area contributed by atoms with Gasteiger partial charge in [0.25, 0.3) is 5.56 Å². The molecule has 0 bridgehead atoms. The van der Waals surface area contributed by atoms with Crippen molar-refractivity contribution in [2.75, 3.05) is 23.3 Å². The number of aromatic amines is 1. The third-order valence-corrected chi connectivity index (χ3v) is 5.22. The maximum atomic E-state index is 12.8. The standard InChI is InChI=1S/C20H23N5O3/c26-15-11-14(18(27)21-12-13-7-3-1-4-8-13)16-17(22-15)23-20(24-19(16)28)25-9-5-2-6-10-25/h1,3-4,7-8,14H,2,5-6,9-12H2,(H,21,27)(H2,22,23,24,26,28)/t14-/m1/s1. The average Bonchev–Trinajstić information content (AvgIpc) is 2.72. The maximum absolute atomic E-state index is 12.8. The summed E-state index contributed by atoms with van der Waals surface area (Å²) in [4.78, 5) is 46.9. The Bertz CT molecular complexity index is 935. The van der Waals surface area contributed by atoms with Crippen molar-refractivity contribution in [3.05, 3.63) is 51.8 Å². The molecule has 28 heavy (non-hydrogen) atoms. The number of carbonyl (C=O) groups excluding carboxylic acids is 2. The predicted molar refractivity (Wildman–Crippen MR) is 105 cm³/mol. The average molecular weight is 381 g/mol. The Morgan fingerprint density at radius 1 is 1.14 bits per heavy atom. The molecule has 0 unspecified atom stereocenters. The molecule has 1 aromatic heterocycles. The van der Waals surface area contributed by atoms with Crippen LogP contribution in [-0.4, -0.2) is 34.9 Å². The van der Waals surface area contributed by atoms with Crippen molar-refractivity contribution in [3.63, 3.8) is 0 Å². The second kappa shape index (κ2) is 7.84. The number of fused-ring (bicyclic) bond motifs is 1. The number of carbonyl (C=O) groups is 2. The van der Waals surface area contributed by atoms with Crippen molar-refractivity contribution >= 4 is 23.6 Å². The van der Waals surface area contributed by atoms with Crippen LogP contribution in [0.3, 0.4) is 0 Å². The van der Waals surface area contributed by atoms with E-state index >= 15 is 0 Å². The van der Waals surface area contributed by atoms with Crippen LogP contribution in [0.5, 0.6) is 0 Å². The zero-order valence-electron chi connectivity index (χ0n) is 15.5. The lowest BCUT2D eigenvalue weighted by Gasteiger charge is -2.29. The number of hydrogen-bond donors (Lipinski definition) is 3. The highest BCUT2D eigenvalue weighted by Crippen LogP contribution is 2.29. The van der Waals surface area contributed by atoms with Crippen LogP contribution in [0.4, 0.5) is 11.8 Å². The first-order valence-corrected chi connectivity index (χ1v) is 9.62. The fourth-order valence-electron chi connectivity index (χ4n) is 3.75. The zero-order chi connectivity index (χ0) is 19.5. The minimum atomic E-state index is -0.848.